The average molecular weight is 255 g/mol. The maximum Gasteiger partial charge on any atom is 0.311 e. The van der Waals surface area contributed by atoms with Crippen LogP contribution in [-0.2, 0) is 11.2 Å². The van der Waals surface area contributed by atoms with Gasteiger partial charge < -0.3 is 20.0 Å². The van der Waals surface area contributed by atoms with Crippen molar-refractivity contribution in [1.29, 1.82) is 0 Å². The van der Waals surface area contributed by atoms with E-state index in [1.54, 1.807) is 6.92 Å². The first-order valence-electron chi connectivity index (χ1n) is 6.32. The predicted molar refractivity (Wildman–Crippen MR) is 67.6 cm³/mol. The normalized spacial score (nSPS) is 10.6. The molecule has 0 aliphatic heterocycles. The van der Waals surface area contributed by atoms with Gasteiger partial charge >= 0.3 is 5.97 Å². The number of carbonyl (C=O) groups excluding carboxylic acids is 1. The molecule has 0 saturated carbocycles. The summed E-state index contributed by atoms with van der Waals surface area (Å²) in [7, 11) is 0. The summed E-state index contributed by atoms with van der Waals surface area (Å²) >= 11 is 0. The van der Waals surface area contributed by atoms with E-state index in [1.807, 2.05) is 6.92 Å². The molecule has 0 unspecified atom stereocenters. The van der Waals surface area contributed by atoms with E-state index in [4.69, 9.17) is 14.9 Å². The zero-order chi connectivity index (χ0) is 13.5. The molecular weight excluding hydrogens is 234 g/mol. The van der Waals surface area contributed by atoms with Gasteiger partial charge in [0.2, 0.25) is 11.5 Å². The molecule has 1 aromatic heterocycles. The molecule has 1 heterocycles. The van der Waals surface area contributed by atoms with E-state index < -0.39 is 0 Å². The number of unbranched alkanes of at least 4 members (excludes halogenated alkanes) is 2. The van der Waals surface area contributed by atoms with Crippen LogP contribution in [0.15, 0.2) is 4.42 Å². The summed E-state index contributed by atoms with van der Waals surface area (Å²) in [6.45, 7) is 4.16. The highest BCUT2D eigenvalue weighted by molar-refractivity contribution is 5.73. The second-order valence-electron chi connectivity index (χ2n) is 4.19. The maximum absolute atomic E-state index is 11.6. The average Bonchev–Trinajstić information content (AvgIpc) is 2.62. The largest absolute Gasteiger partial charge is 0.502 e. The lowest BCUT2D eigenvalue weighted by molar-refractivity contribution is -0.134. The Balaban J connectivity index is 2.51. The van der Waals surface area contributed by atoms with E-state index in [2.05, 4.69) is 0 Å². The fourth-order valence-electron chi connectivity index (χ4n) is 1.69. The number of hydrogen-bond acceptors (Lipinski definition) is 5. The van der Waals surface area contributed by atoms with Crippen molar-refractivity contribution in [3.8, 4) is 11.5 Å². The SMILES string of the molecule is CCc1oc(C)c(OC(=O)CCCCCN)c1O. The van der Waals surface area contributed by atoms with Crippen LogP contribution in [0, 0.1) is 6.92 Å². The van der Waals surface area contributed by atoms with Crippen LogP contribution >= 0.6 is 0 Å². The number of carbonyl (C=O) groups is 1. The minimum atomic E-state index is -0.353. The van der Waals surface area contributed by atoms with Gasteiger partial charge in [-0.1, -0.05) is 13.3 Å². The summed E-state index contributed by atoms with van der Waals surface area (Å²) in [6, 6.07) is 0. The molecule has 0 fully saturated rings. The van der Waals surface area contributed by atoms with E-state index in [9.17, 15) is 9.90 Å². The van der Waals surface area contributed by atoms with Crippen LogP contribution in [0.1, 0.15) is 44.1 Å². The van der Waals surface area contributed by atoms with Gasteiger partial charge in [0.1, 0.15) is 11.5 Å². The van der Waals surface area contributed by atoms with Crippen molar-refractivity contribution in [2.45, 2.75) is 46.0 Å². The molecule has 5 nitrogen and oxygen atoms in total. The molecule has 3 N–H and O–H groups in total. The van der Waals surface area contributed by atoms with Crippen LogP contribution in [0.4, 0.5) is 0 Å². The van der Waals surface area contributed by atoms with E-state index in [0.29, 0.717) is 30.9 Å². The summed E-state index contributed by atoms with van der Waals surface area (Å²) in [5.41, 5.74) is 5.37. The Morgan fingerprint density at radius 1 is 1.39 bits per heavy atom. The summed E-state index contributed by atoms with van der Waals surface area (Å²) in [4.78, 5) is 11.6. The second kappa shape index (κ2) is 7.06. The third-order valence-corrected chi connectivity index (χ3v) is 2.70. The molecule has 0 amide bonds. The van der Waals surface area contributed by atoms with Crippen LogP contribution < -0.4 is 10.5 Å². The summed E-state index contributed by atoms with van der Waals surface area (Å²) in [5, 5.41) is 9.78. The van der Waals surface area contributed by atoms with Gasteiger partial charge in [-0.15, -0.1) is 0 Å². The topological polar surface area (TPSA) is 85.7 Å². The number of aryl methyl sites for hydroxylation is 2. The van der Waals surface area contributed by atoms with Crippen molar-refractivity contribution in [3.05, 3.63) is 11.5 Å². The Kier molecular flexibility index (Phi) is 5.71. The number of nitrogens with two attached hydrogens (primary N) is 1. The van der Waals surface area contributed by atoms with Crippen LogP contribution in [0.25, 0.3) is 0 Å². The minimum Gasteiger partial charge on any atom is -0.502 e. The second-order valence-corrected chi connectivity index (χ2v) is 4.19. The maximum atomic E-state index is 11.6. The quantitative estimate of drug-likeness (QED) is 0.576. The summed E-state index contributed by atoms with van der Waals surface area (Å²) in [6.07, 6.45) is 3.44. The van der Waals surface area contributed by atoms with Crippen LogP contribution in [0.2, 0.25) is 0 Å². The Morgan fingerprint density at radius 2 is 2.11 bits per heavy atom. The molecule has 0 aromatic carbocycles. The van der Waals surface area contributed by atoms with Crippen molar-refractivity contribution in [3.63, 3.8) is 0 Å². The monoisotopic (exact) mass is 255 g/mol. The first-order valence-corrected chi connectivity index (χ1v) is 6.32. The van der Waals surface area contributed by atoms with Crippen molar-refractivity contribution in [2.75, 3.05) is 6.54 Å². The van der Waals surface area contributed by atoms with Gasteiger partial charge in [-0.3, -0.25) is 4.79 Å². The number of hydrogen-bond donors (Lipinski definition) is 2. The highest BCUT2D eigenvalue weighted by Crippen LogP contribution is 2.37. The van der Waals surface area contributed by atoms with Crippen LogP contribution in [-0.4, -0.2) is 17.6 Å². The molecule has 0 aliphatic rings. The first-order chi connectivity index (χ1) is 8.60. The van der Waals surface area contributed by atoms with Gasteiger partial charge in [0.25, 0.3) is 0 Å². The molecule has 0 bridgehead atoms. The fourth-order valence-corrected chi connectivity index (χ4v) is 1.69. The highest BCUT2D eigenvalue weighted by Gasteiger charge is 2.19. The smallest absolute Gasteiger partial charge is 0.311 e. The molecule has 102 valence electrons. The predicted octanol–water partition coefficient (Wildman–Crippen LogP) is 2.28. The number of ether oxygens (including phenoxy) is 1. The lowest BCUT2D eigenvalue weighted by Crippen LogP contribution is -2.08. The first kappa shape index (κ1) is 14.6. The number of esters is 1. The Hall–Kier alpha value is -1.49. The molecule has 1 aromatic rings. The zero-order valence-corrected chi connectivity index (χ0v) is 11.0. The Labute approximate surface area is 107 Å². The molecule has 5 heteroatoms. The van der Waals surface area contributed by atoms with Crippen LogP contribution in [0.5, 0.6) is 11.5 Å². The Morgan fingerprint density at radius 3 is 2.67 bits per heavy atom. The van der Waals surface area contributed by atoms with E-state index in [1.165, 1.54) is 0 Å². The van der Waals surface area contributed by atoms with Gasteiger partial charge in [-0.2, -0.15) is 0 Å². The molecule has 1 rings (SSSR count). The summed E-state index contributed by atoms with van der Waals surface area (Å²) in [5.74, 6) is 0.605. The summed E-state index contributed by atoms with van der Waals surface area (Å²) < 4.78 is 10.4. The molecule has 0 atom stereocenters. The standard InChI is InChI=1S/C13H21NO4/c1-3-10-12(16)13(9(2)17-10)18-11(15)7-5-4-6-8-14/h16H,3-8,14H2,1-2H3. The molecule has 0 spiro atoms. The number of aromatic hydroxyl groups is 1. The van der Waals surface area contributed by atoms with E-state index in [0.717, 1.165) is 19.3 Å². The van der Waals surface area contributed by atoms with E-state index >= 15 is 0 Å². The molecule has 0 radical (unpaired) electrons. The van der Waals surface area contributed by atoms with Crippen LogP contribution in [0.3, 0.4) is 0 Å². The number of rotatable bonds is 7. The number of furan rings is 1. The van der Waals surface area contributed by atoms with Crippen molar-refractivity contribution in [2.24, 2.45) is 5.73 Å². The lowest BCUT2D eigenvalue weighted by Gasteiger charge is -2.03. The molecule has 0 saturated heterocycles. The molecular formula is C13H21NO4. The molecule has 18 heavy (non-hydrogen) atoms. The third kappa shape index (κ3) is 3.77. The minimum absolute atomic E-state index is 0.0645. The van der Waals surface area contributed by atoms with Gasteiger partial charge in [-0.25, -0.2) is 0 Å². The Bertz CT molecular complexity index is 398. The third-order valence-electron chi connectivity index (χ3n) is 2.70. The highest BCUT2D eigenvalue weighted by atomic mass is 16.6. The van der Waals surface area contributed by atoms with Crippen molar-refractivity contribution in [1.82, 2.24) is 0 Å². The van der Waals surface area contributed by atoms with Crippen molar-refractivity contribution >= 4 is 5.97 Å². The van der Waals surface area contributed by atoms with Gasteiger partial charge in [-0.05, 0) is 26.3 Å². The van der Waals surface area contributed by atoms with Crippen molar-refractivity contribution < 1.29 is 19.1 Å². The van der Waals surface area contributed by atoms with Gasteiger partial charge in [0.15, 0.2) is 0 Å². The van der Waals surface area contributed by atoms with E-state index in [-0.39, 0.29) is 17.5 Å². The fraction of sp³-hybridized carbons (Fsp3) is 0.615. The van der Waals surface area contributed by atoms with Gasteiger partial charge in [0, 0.05) is 12.8 Å². The molecule has 0 aliphatic carbocycles. The van der Waals surface area contributed by atoms with Gasteiger partial charge in [0.05, 0.1) is 0 Å². The lowest BCUT2D eigenvalue weighted by atomic mass is 10.2. The zero-order valence-electron chi connectivity index (χ0n) is 11.0.